The zero-order valence-corrected chi connectivity index (χ0v) is 26.8. The fourth-order valence-electron chi connectivity index (χ4n) is 7.44. The molecule has 1 aliphatic carbocycles. The standard InChI is InChI=1S/C35H49ClFN3O3/c1-3-42-32-15-14-27(24-33(32)43-4-2)35(17-19-38-20-22-39(23-21-38)28-10-6-5-7-11-28)16-9-18-40(26-35)34(41)25-29-30(36)12-8-13-31(29)37/h8,12-15,24,28H,3-7,9-11,16-23,25-26H2,1-2H3/t35-/m1/s1. The first-order valence-electron chi connectivity index (χ1n) is 16.5. The van der Waals surface area contributed by atoms with Crippen molar-refractivity contribution < 1.29 is 18.7 Å². The number of halogens is 2. The summed E-state index contributed by atoms with van der Waals surface area (Å²) >= 11 is 6.30. The van der Waals surface area contributed by atoms with E-state index >= 15 is 0 Å². The molecule has 1 saturated carbocycles. The predicted octanol–water partition coefficient (Wildman–Crippen LogP) is 6.72. The van der Waals surface area contributed by atoms with E-state index in [4.69, 9.17) is 21.1 Å². The second-order valence-corrected chi connectivity index (χ2v) is 12.9. The highest BCUT2D eigenvalue weighted by Gasteiger charge is 2.40. The Bertz CT molecular complexity index is 1190. The lowest BCUT2D eigenvalue weighted by atomic mass is 9.71. The molecule has 43 heavy (non-hydrogen) atoms. The van der Waals surface area contributed by atoms with Crippen LogP contribution in [0.1, 0.15) is 76.3 Å². The number of piperazine rings is 1. The van der Waals surface area contributed by atoms with Crippen LogP contribution in [0.25, 0.3) is 0 Å². The third-order valence-electron chi connectivity index (χ3n) is 9.88. The number of carbonyl (C=O) groups excluding carboxylic acids is 1. The molecular formula is C35H49ClFN3O3. The van der Waals surface area contributed by atoms with E-state index in [9.17, 15) is 9.18 Å². The van der Waals surface area contributed by atoms with E-state index in [1.807, 2.05) is 24.8 Å². The van der Waals surface area contributed by atoms with Crippen molar-refractivity contribution in [3.05, 3.63) is 58.4 Å². The molecule has 2 saturated heterocycles. The fraction of sp³-hybridized carbons (Fsp3) is 0.629. The summed E-state index contributed by atoms with van der Waals surface area (Å²) in [4.78, 5) is 20.9. The molecule has 1 amide bonds. The Morgan fingerprint density at radius 1 is 0.953 bits per heavy atom. The number of likely N-dealkylation sites (tertiary alicyclic amines) is 1. The van der Waals surface area contributed by atoms with Gasteiger partial charge in [-0.2, -0.15) is 0 Å². The minimum atomic E-state index is -0.427. The average molecular weight is 614 g/mol. The van der Waals surface area contributed by atoms with E-state index in [2.05, 4.69) is 21.9 Å². The summed E-state index contributed by atoms with van der Waals surface area (Å²) in [6.07, 6.45) is 9.63. The van der Waals surface area contributed by atoms with Crippen molar-refractivity contribution in [1.82, 2.24) is 14.7 Å². The number of rotatable bonds is 11. The van der Waals surface area contributed by atoms with Gasteiger partial charge in [-0.25, -0.2) is 4.39 Å². The molecule has 0 spiro atoms. The highest BCUT2D eigenvalue weighted by molar-refractivity contribution is 6.31. The Hall–Kier alpha value is -2.35. The van der Waals surface area contributed by atoms with Crippen LogP contribution in [-0.4, -0.2) is 85.7 Å². The van der Waals surface area contributed by atoms with Crippen molar-refractivity contribution >= 4 is 17.5 Å². The van der Waals surface area contributed by atoms with Crippen molar-refractivity contribution in [3.8, 4) is 11.5 Å². The van der Waals surface area contributed by atoms with Crippen LogP contribution in [0.4, 0.5) is 4.39 Å². The summed E-state index contributed by atoms with van der Waals surface area (Å²) in [7, 11) is 0. The third kappa shape index (κ3) is 7.84. The molecule has 3 fully saturated rings. The Morgan fingerprint density at radius 3 is 2.42 bits per heavy atom. The zero-order valence-electron chi connectivity index (χ0n) is 26.1. The Labute approximate surface area is 262 Å². The molecular weight excluding hydrogens is 565 g/mol. The number of carbonyl (C=O) groups is 1. The molecule has 0 unspecified atom stereocenters. The topological polar surface area (TPSA) is 45.2 Å². The average Bonchev–Trinajstić information content (AvgIpc) is 3.03. The second kappa shape index (κ2) is 15.1. The Kier molecular flexibility index (Phi) is 11.2. The third-order valence-corrected chi connectivity index (χ3v) is 10.2. The molecule has 8 heteroatoms. The van der Waals surface area contributed by atoms with Crippen molar-refractivity contribution in [1.29, 1.82) is 0 Å². The first-order chi connectivity index (χ1) is 20.9. The lowest BCUT2D eigenvalue weighted by molar-refractivity contribution is -0.133. The lowest BCUT2D eigenvalue weighted by Gasteiger charge is -2.46. The largest absolute Gasteiger partial charge is 0.490 e. The molecule has 2 aromatic carbocycles. The molecule has 2 aliphatic heterocycles. The Morgan fingerprint density at radius 2 is 1.70 bits per heavy atom. The van der Waals surface area contributed by atoms with E-state index in [1.54, 1.807) is 12.1 Å². The first kappa shape index (κ1) is 32.1. The highest BCUT2D eigenvalue weighted by Crippen LogP contribution is 2.42. The molecule has 0 aromatic heterocycles. The molecule has 0 radical (unpaired) electrons. The molecule has 0 N–H and O–H groups in total. The first-order valence-corrected chi connectivity index (χ1v) is 16.9. The number of hydrogen-bond donors (Lipinski definition) is 0. The van der Waals surface area contributed by atoms with Crippen LogP contribution in [0.2, 0.25) is 5.02 Å². The van der Waals surface area contributed by atoms with Crippen molar-refractivity contribution in [2.75, 3.05) is 59.0 Å². The number of nitrogens with zero attached hydrogens (tertiary/aromatic N) is 3. The SMILES string of the molecule is CCOc1ccc([C@@]2(CCN3CCN(C4CCCCC4)CC3)CCCN(C(=O)Cc3c(F)cccc3Cl)C2)cc1OCC. The van der Waals surface area contributed by atoms with Gasteiger partial charge in [0.2, 0.25) is 5.91 Å². The fourth-order valence-corrected chi connectivity index (χ4v) is 7.67. The van der Waals surface area contributed by atoms with Crippen LogP contribution in [-0.2, 0) is 16.6 Å². The smallest absolute Gasteiger partial charge is 0.227 e. The second-order valence-electron chi connectivity index (χ2n) is 12.5. The molecule has 1 atom stereocenters. The van der Waals surface area contributed by atoms with Gasteiger partial charge in [0, 0.05) is 61.3 Å². The van der Waals surface area contributed by atoms with Crippen molar-refractivity contribution in [3.63, 3.8) is 0 Å². The van der Waals surface area contributed by atoms with Crippen LogP contribution in [0.15, 0.2) is 36.4 Å². The normalized spacial score (nSPS) is 22.5. The van der Waals surface area contributed by atoms with Crippen LogP contribution in [0, 0.1) is 5.82 Å². The minimum absolute atomic E-state index is 0.0296. The molecule has 2 heterocycles. The van der Waals surface area contributed by atoms with Crippen molar-refractivity contribution in [2.45, 2.75) is 83.1 Å². The summed E-state index contributed by atoms with van der Waals surface area (Å²) in [5, 5.41) is 0.303. The minimum Gasteiger partial charge on any atom is -0.490 e. The lowest BCUT2D eigenvalue weighted by Crippen LogP contribution is -2.53. The zero-order chi connectivity index (χ0) is 30.2. The molecule has 2 aromatic rings. The number of hydrogen-bond acceptors (Lipinski definition) is 5. The summed E-state index contributed by atoms with van der Waals surface area (Å²) in [5.41, 5.74) is 1.23. The number of amides is 1. The number of ether oxygens (including phenoxy) is 2. The van der Waals surface area contributed by atoms with Gasteiger partial charge < -0.3 is 19.3 Å². The van der Waals surface area contributed by atoms with Gasteiger partial charge in [-0.3, -0.25) is 9.69 Å². The molecule has 5 rings (SSSR count). The molecule has 3 aliphatic rings. The summed E-state index contributed by atoms with van der Waals surface area (Å²) < 4.78 is 26.5. The maximum atomic E-state index is 14.6. The quantitative estimate of drug-likeness (QED) is 0.282. The molecule has 236 valence electrons. The number of benzene rings is 2. The van der Waals surface area contributed by atoms with Gasteiger partial charge in [-0.15, -0.1) is 0 Å². The Balaban J connectivity index is 1.34. The van der Waals surface area contributed by atoms with E-state index < -0.39 is 5.82 Å². The van der Waals surface area contributed by atoms with Gasteiger partial charge in [0.15, 0.2) is 11.5 Å². The molecule has 6 nitrogen and oxygen atoms in total. The van der Waals surface area contributed by atoms with E-state index in [0.29, 0.717) is 31.3 Å². The van der Waals surface area contributed by atoms with Crippen LogP contribution < -0.4 is 9.47 Å². The molecule has 0 bridgehead atoms. The summed E-state index contributed by atoms with van der Waals surface area (Å²) in [5.74, 6) is 1.00. The summed E-state index contributed by atoms with van der Waals surface area (Å²) in [6.45, 7) is 11.8. The van der Waals surface area contributed by atoms with Gasteiger partial charge in [0.1, 0.15) is 5.82 Å². The van der Waals surface area contributed by atoms with Crippen LogP contribution >= 0.6 is 11.6 Å². The number of piperidine rings is 1. The van der Waals surface area contributed by atoms with Crippen LogP contribution in [0.3, 0.4) is 0 Å². The van der Waals surface area contributed by atoms with Gasteiger partial charge in [-0.1, -0.05) is 43.0 Å². The monoisotopic (exact) mass is 613 g/mol. The van der Waals surface area contributed by atoms with Gasteiger partial charge in [0.05, 0.1) is 19.6 Å². The highest BCUT2D eigenvalue weighted by atomic mass is 35.5. The van der Waals surface area contributed by atoms with Gasteiger partial charge >= 0.3 is 0 Å². The van der Waals surface area contributed by atoms with Crippen molar-refractivity contribution in [2.24, 2.45) is 0 Å². The maximum Gasteiger partial charge on any atom is 0.227 e. The van der Waals surface area contributed by atoms with E-state index in [-0.39, 0.29) is 23.3 Å². The van der Waals surface area contributed by atoms with Gasteiger partial charge in [-0.05, 0) is 82.3 Å². The summed E-state index contributed by atoms with van der Waals surface area (Å²) in [6, 6.07) is 11.7. The van der Waals surface area contributed by atoms with E-state index in [0.717, 1.165) is 69.5 Å². The maximum absolute atomic E-state index is 14.6. The predicted molar refractivity (Wildman–Crippen MR) is 171 cm³/mol. The van der Waals surface area contributed by atoms with Crippen LogP contribution in [0.5, 0.6) is 11.5 Å². The van der Waals surface area contributed by atoms with Gasteiger partial charge in [0.25, 0.3) is 0 Å². The van der Waals surface area contributed by atoms with E-state index in [1.165, 1.54) is 43.7 Å².